The highest BCUT2D eigenvalue weighted by atomic mass is 16.5. The monoisotopic (exact) mass is 755 g/mol. The van der Waals surface area contributed by atoms with Gasteiger partial charge in [-0.1, -0.05) is 127 Å². The van der Waals surface area contributed by atoms with Crippen molar-refractivity contribution in [3.63, 3.8) is 0 Å². The standard InChI is InChI=1S/C54H33N3O2/c1-2-13-36(14-3-1)46-26-28-48-54(56-46)45-31-38(25-27-47(45)57(48)53-20-10-11-29-55-53)37-24-23-35-22-21-34-12-4-5-15-39(34)40-16-6-8-18-49(40)58-52-32-43-41-17-7-9-19-50(41)59-51(43)33-44(52)42(35)30-37/h1-33H/b22-21-. The van der Waals surface area contributed by atoms with Crippen LogP contribution in [-0.2, 0) is 0 Å². The number of hydrogen-bond acceptors (Lipinski definition) is 4. The first-order valence-electron chi connectivity index (χ1n) is 19.8. The quantitative estimate of drug-likeness (QED) is 0.180. The molecule has 0 amide bonds. The zero-order chi connectivity index (χ0) is 38.9. The van der Waals surface area contributed by atoms with Crippen LogP contribution in [0.4, 0.5) is 0 Å². The maximum atomic E-state index is 7.07. The topological polar surface area (TPSA) is 53.1 Å². The van der Waals surface area contributed by atoms with Crippen molar-refractivity contribution in [2.24, 2.45) is 0 Å². The second-order valence-electron chi connectivity index (χ2n) is 14.9. The Morgan fingerprint density at radius 2 is 1.17 bits per heavy atom. The molecule has 59 heavy (non-hydrogen) atoms. The lowest BCUT2D eigenvalue weighted by atomic mass is 9.92. The van der Waals surface area contributed by atoms with Crippen LogP contribution in [0.1, 0.15) is 11.1 Å². The fourth-order valence-electron chi connectivity index (χ4n) is 8.69. The highest BCUT2D eigenvalue weighted by Gasteiger charge is 2.21. The summed E-state index contributed by atoms with van der Waals surface area (Å²) in [7, 11) is 0. The molecule has 5 nitrogen and oxygen atoms in total. The summed E-state index contributed by atoms with van der Waals surface area (Å²) >= 11 is 0. The van der Waals surface area contributed by atoms with E-state index in [-0.39, 0.29) is 0 Å². The van der Waals surface area contributed by atoms with Crippen LogP contribution in [-0.4, -0.2) is 14.5 Å². The summed E-state index contributed by atoms with van der Waals surface area (Å²) in [4.78, 5) is 10.1. The van der Waals surface area contributed by atoms with Crippen LogP contribution < -0.4 is 4.74 Å². The number of fused-ring (bicyclic) bond motifs is 12. The summed E-state index contributed by atoms with van der Waals surface area (Å²) in [6.45, 7) is 0. The molecule has 276 valence electrons. The van der Waals surface area contributed by atoms with E-state index in [9.17, 15) is 0 Å². The van der Waals surface area contributed by atoms with Crippen molar-refractivity contribution >= 4 is 56.0 Å². The molecule has 5 heterocycles. The van der Waals surface area contributed by atoms with Gasteiger partial charge in [-0.3, -0.25) is 4.57 Å². The first-order valence-corrected chi connectivity index (χ1v) is 19.8. The largest absolute Gasteiger partial charge is 0.456 e. The van der Waals surface area contributed by atoms with E-state index in [2.05, 4.69) is 156 Å². The molecular weight excluding hydrogens is 723 g/mol. The average Bonchev–Trinajstić information content (AvgIpc) is 3.82. The summed E-state index contributed by atoms with van der Waals surface area (Å²) in [5.74, 6) is 2.40. The zero-order valence-electron chi connectivity index (χ0n) is 31.7. The van der Waals surface area contributed by atoms with Crippen molar-refractivity contribution in [1.29, 1.82) is 0 Å². The van der Waals surface area contributed by atoms with E-state index in [0.717, 1.165) is 117 Å². The first-order chi connectivity index (χ1) is 29.2. The summed E-state index contributed by atoms with van der Waals surface area (Å²) in [5, 5.41) is 3.12. The molecule has 0 atom stereocenters. The fraction of sp³-hybridized carbons (Fsp3) is 0. The minimum Gasteiger partial charge on any atom is -0.456 e. The lowest BCUT2D eigenvalue weighted by Gasteiger charge is -2.17. The van der Waals surface area contributed by atoms with E-state index in [1.54, 1.807) is 0 Å². The number of furan rings is 1. The fourth-order valence-corrected chi connectivity index (χ4v) is 8.69. The van der Waals surface area contributed by atoms with E-state index in [0.29, 0.717) is 0 Å². The summed E-state index contributed by atoms with van der Waals surface area (Å²) in [6, 6.07) is 63.3. The second kappa shape index (κ2) is 13.3. The molecule has 11 aromatic rings. The van der Waals surface area contributed by atoms with Crippen LogP contribution in [0, 0.1) is 0 Å². The summed E-state index contributed by atoms with van der Waals surface area (Å²) in [5.41, 5.74) is 15.1. The van der Waals surface area contributed by atoms with Gasteiger partial charge in [0.2, 0.25) is 0 Å². The molecule has 0 radical (unpaired) electrons. The van der Waals surface area contributed by atoms with E-state index < -0.39 is 0 Å². The van der Waals surface area contributed by atoms with Crippen LogP contribution in [0.3, 0.4) is 0 Å². The van der Waals surface area contributed by atoms with Crippen LogP contribution >= 0.6 is 0 Å². The van der Waals surface area contributed by atoms with Gasteiger partial charge in [-0.05, 0) is 100 Å². The first kappa shape index (κ1) is 33.2. The van der Waals surface area contributed by atoms with Gasteiger partial charge in [-0.15, -0.1) is 0 Å². The van der Waals surface area contributed by atoms with Crippen molar-refractivity contribution in [3.8, 4) is 62.0 Å². The molecule has 7 aromatic carbocycles. The predicted octanol–water partition coefficient (Wildman–Crippen LogP) is 14.4. The van der Waals surface area contributed by atoms with Crippen molar-refractivity contribution in [2.75, 3.05) is 0 Å². The number of ether oxygens (including phenoxy) is 1. The van der Waals surface area contributed by atoms with Gasteiger partial charge in [0.15, 0.2) is 0 Å². The third kappa shape index (κ3) is 5.47. The van der Waals surface area contributed by atoms with E-state index in [4.69, 9.17) is 19.1 Å². The Bertz CT molecular complexity index is 3470. The van der Waals surface area contributed by atoms with Crippen LogP contribution in [0.15, 0.2) is 193 Å². The normalized spacial score (nSPS) is 12.7. The highest BCUT2D eigenvalue weighted by Crippen LogP contribution is 2.46. The Morgan fingerprint density at radius 1 is 0.424 bits per heavy atom. The smallest absolute Gasteiger partial charge is 0.137 e. The number of hydrogen-bond donors (Lipinski definition) is 0. The van der Waals surface area contributed by atoms with Gasteiger partial charge in [0.1, 0.15) is 28.5 Å². The van der Waals surface area contributed by atoms with Gasteiger partial charge >= 0.3 is 0 Å². The van der Waals surface area contributed by atoms with Crippen LogP contribution in [0.25, 0.3) is 106 Å². The SMILES string of the molecule is C1=C\c2ccc(-c3ccc4c(c3)c3nc(-c5ccccc5)ccc3n4-c3ccccn3)cc2-c2cc3oc4ccccc4c3cc2Oc2ccccc2-c2ccccc2/1. The highest BCUT2D eigenvalue weighted by molar-refractivity contribution is 6.10. The van der Waals surface area contributed by atoms with Crippen molar-refractivity contribution in [1.82, 2.24) is 14.5 Å². The van der Waals surface area contributed by atoms with Crippen LogP contribution in [0.5, 0.6) is 11.5 Å². The molecule has 4 aromatic heterocycles. The van der Waals surface area contributed by atoms with E-state index in [1.807, 2.05) is 48.7 Å². The minimum atomic E-state index is 0.759. The Hall–Kier alpha value is -8.02. The number of aromatic nitrogens is 3. The number of pyridine rings is 2. The summed E-state index contributed by atoms with van der Waals surface area (Å²) < 4.78 is 15.8. The van der Waals surface area contributed by atoms with Gasteiger partial charge in [0.05, 0.1) is 22.2 Å². The lowest BCUT2D eigenvalue weighted by molar-refractivity contribution is 0.487. The Morgan fingerprint density at radius 3 is 2.07 bits per heavy atom. The van der Waals surface area contributed by atoms with Gasteiger partial charge in [-0.25, -0.2) is 9.97 Å². The summed E-state index contributed by atoms with van der Waals surface area (Å²) in [6.07, 6.45) is 6.27. The van der Waals surface area contributed by atoms with Gasteiger partial charge in [0, 0.05) is 39.0 Å². The average molecular weight is 756 g/mol. The molecule has 0 fully saturated rings. The number of benzene rings is 7. The molecule has 0 saturated heterocycles. The third-order valence-corrected chi connectivity index (χ3v) is 11.5. The number of nitrogens with zero attached hydrogens (tertiary/aromatic N) is 3. The molecule has 0 saturated carbocycles. The van der Waals surface area contributed by atoms with E-state index in [1.165, 1.54) is 0 Å². The van der Waals surface area contributed by atoms with E-state index >= 15 is 0 Å². The molecule has 5 heteroatoms. The minimum absolute atomic E-state index is 0.759. The molecular formula is C54H33N3O2. The van der Waals surface area contributed by atoms with Gasteiger partial charge in [0.25, 0.3) is 0 Å². The number of para-hydroxylation sites is 2. The zero-order valence-corrected chi connectivity index (χ0v) is 31.7. The third-order valence-electron chi connectivity index (χ3n) is 11.5. The Labute approximate surface area is 339 Å². The van der Waals surface area contributed by atoms with Gasteiger partial charge < -0.3 is 9.15 Å². The predicted molar refractivity (Wildman–Crippen MR) is 241 cm³/mol. The molecule has 0 bridgehead atoms. The Balaban J connectivity index is 1.10. The van der Waals surface area contributed by atoms with Crippen LogP contribution in [0.2, 0.25) is 0 Å². The molecule has 0 aliphatic carbocycles. The van der Waals surface area contributed by atoms with Crippen molar-refractivity contribution in [2.45, 2.75) is 0 Å². The van der Waals surface area contributed by atoms with Crippen molar-refractivity contribution < 1.29 is 9.15 Å². The molecule has 0 N–H and O–H groups in total. The second-order valence-corrected chi connectivity index (χ2v) is 14.9. The molecule has 0 spiro atoms. The molecule has 12 rings (SSSR count). The van der Waals surface area contributed by atoms with Gasteiger partial charge in [-0.2, -0.15) is 0 Å². The van der Waals surface area contributed by atoms with Crippen molar-refractivity contribution in [3.05, 3.63) is 199 Å². The lowest BCUT2D eigenvalue weighted by Crippen LogP contribution is -1.96. The molecule has 0 unspecified atom stereocenters. The number of rotatable bonds is 3. The maximum Gasteiger partial charge on any atom is 0.137 e. The molecule has 1 aliphatic heterocycles. The molecule has 1 aliphatic rings. The Kier molecular flexibility index (Phi) is 7.47. The maximum absolute atomic E-state index is 7.07.